The molecule has 0 radical (unpaired) electrons. The highest BCUT2D eigenvalue weighted by molar-refractivity contribution is 6.47. The highest BCUT2D eigenvalue weighted by Crippen LogP contribution is 2.42. The molecule has 9 heteroatoms. The van der Waals surface area contributed by atoms with Gasteiger partial charge in [0.05, 0.1) is 25.8 Å². The Balaban J connectivity index is 1.77. The number of methoxy groups -OCH3 is 2. The third-order valence-corrected chi connectivity index (χ3v) is 6.57. The Morgan fingerprint density at radius 2 is 1.67 bits per heavy atom. The molecule has 0 bridgehead atoms. The van der Waals surface area contributed by atoms with E-state index in [0.29, 0.717) is 28.5 Å². The molecule has 1 saturated heterocycles. The maximum Gasteiger partial charge on any atom is 0.295 e. The smallest absolute Gasteiger partial charge is 0.295 e. The van der Waals surface area contributed by atoms with Crippen LogP contribution in [-0.4, -0.2) is 42.5 Å². The SMILES string of the molecule is COc1ccc(CCN2C(=O)C(=O)/C(=C(\O)c3ccc(F)cc3)C2c2ccc(Cl)cc2Cl)cc1OC. The second kappa shape index (κ2) is 10.6. The molecule has 0 aliphatic carbocycles. The number of aliphatic hydroxyl groups is 1. The van der Waals surface area contributed by atoms with Crippen molar-refractivity contribution in [3.8, 4) is 11.5 Å². The minimum absolute atomic E-state index is 0.136. The number of ketones is 1. The molecule has 1 N–H and O–H groups in total. The molecule has 36 heavy (non-hydrogen) atoms. The molecule has 4 rings (SSSR count). The summed E-state index contributed by atoms with van der Waals surface area (Å²) in [7, 11) is 3.06. The summed E-state index contributed by atoms with van der Waals surface area (Å²) in [6, 6.07) is 14.1. The van der Waals surface area contributed by atoms with Crippen molar-refractivity contribution < 1.29 is 28.6 Å². The number of halogens is 3. The first-order valence-electron chi connectivity index (χ1n) is 10.9. The zero-order chi connectivity index (χ0) is 26.0. The number of carbonyl (C=O) groups is 2. The Kier molecular flexibility index (Phi) is 7.52. The van der Waals surface area contributed by atoms with Crippen molar-refractivity contribution in [3.05, 3.63) is 98.8 Å². The van der Waals surface area contributed by atoms with Gasteiger partial charge in [-0.05, 0) is 66.1 Å². The topological polar surface area (TPSA) is 76.1 Å². The number of carbonyl (C=O) groups excluding carboxylic acids is 2. The molecule has 0 aromatic heterocycles. The van der Waals surface area contributed by atoms with Crippen LogP contribution >= 0.6 is 23.2 Å². The van der Waals surface area contributed by atoms with E-state index in [0.717, 1.165) is 17.7 Å². The predicted molar refractivity (Wildman–Crippen MR) is 135 cm³/mol. The highest BCUT2D eigenvalue weighted by Gasteiger charge is 2.46. The fraction of sp³-hybridized carbons (Fsp3) is 0.185. The van der Waals surface area contributed by atoms with Crippen molar-refractivity contribution in [2.24, 2.45) is 0 Å². The van der Waals surface area contributed by atoms with Crippen LogP contribution in [0.3, 0.4) is 0 Å². The molecule has 1 fully saturated rings. The van der Waals surface area contributed by atoms with Gasteiger partial charge in [-0.25, -0.2) is 4.39 Å². The molecular weight excluding hydrogens is 508 g/mol. The lowest BCUT2D eigenvalue weighted by Crippen LogP contribution is -2.31. The summed E-state index contributed by atoms with van der Waals surface area (Å²) in [5.41, 5.74) is 1.33. The highest BCUT2D eigenvalue weighted by atomic mass is 35.5. The first-order valence-corrected chi connectivity index (χ1v) is 11.7. The molecule has 6 nitrogen and oxygen atoms in total. The van der Waals surface area contributed by atoms with Gasteiger partial charge in [0.25, 0.3) is 11.7 Å². The van der Waals surface area contributed by atoms with Gasteiger partial charge in [-0.3, -0.25) is 9.59 Å². The Labute approximate surface area is 217 Å². The van der Waals surface area contributed by atoms with Crippen molar-refractivity contribution in [1.82, 2.24) is 4.90 Å². The molecule has 1 aliphatic rings. The van der Waals surface area contributed by atoms with Crippen LogP contribution in [0.1, 0.15) is 22.7 Å². The molecule has 186 valence electrons. The normalized spacial score (nSPS) is 16.9. The number of amides is 1. The summed E-state index contributed by atoms with van der Waals surface area (Å²) in [4.78, 5) is 27.7. The van der Waals surface area contributed by atoms with Gasteiger partial charge in [-0.1, -0.05) is 35.3 Å². The largest absolute Gasteiger partial charge is 0.507 e. The Morgan fingerprint density at radius 1 is 0.972 bits per heavy atom. The van der Waals surface area contributed by atoms with Gasteiger partial charge in [0, 0.05) is 22.2 Å². The quantitative estimate of drug-likeness (QED) is 0.237. The Hall–Kier alpha value is -3.55. The molecule has 1 heterocycles. The van der Waals surface area contributed by atoms with Gasteiger partial charge in [0.1, 0.15) is 11.6 Å². The standard InChI is InChI=1S/C27H22Cl2FNO5/c1-35-21-10-3-15(13-22(21)36-2)11-12-31-24(19-9-6-17(28)14-20(19)29)23(26(33)27(31)34)25(32)16-4-7-18(30)8-5-16/h3-10,13-14,24,32H,11-12H2,1-2H3/b25-23-. The molecule has 0 saturated carbocycles. The van der Waals surface area contributed by atoms with Crippen molar-refractivity contribution in [2.75, 3.05) is 20.8 Å². The summed E-state index contributed by atoms with van der Waals surface area (Å²) in [5, 5.41) is 11.7. The van der Waals surface area contributed by atoms with Gasteiger partial charge in [-0.2, -0.15) is 0 Å². The van der Waals surface area contributed by atoms with Crippen LogP contribution in [0.5, 0.6) is 11.5 Å². The van der Waals surface area contributed by atoms with Crippen LogP contribution in [0.15, 0.2) is 66.2 Å². The van der Waals surface area contributed by atoms with E-state index < -0.39 is 29.3 Å². The van der Waals surface area contributed by atoms with E-state index in [1.807, 2.05) is 6.07 Å². The summed E-state index contributed by atoms with van der Waals surface area (Å²) < 4.78 is 24.1. The van der Waals surface area contributed by atoms with E-state index in [-0.39, 0.29) is 22.7 Å². The fourth-order valence-corrected chi connectivity index (χ4v) is 4.72. The fourth-order valence-electron chi connectivity index (χ4n) is 4.21. The van der Waals surface area contributed by atoms with Crippen LogP contribution in [0.25, 0.3) is 5.76 Å². The summed E-state index contributed by atoms with van der Waals surface area (Å²) >= 11 is 12.5. The Morgan fingerprint density at radius 3 is 2.31 bits per heavy atom. The van der Waals surface area contributed by atoms with E-state index >= 15 is 0 Å². The van der Waals surface area contributed by atoms with Crippen LogP contribution in [0.4, 0.5) is 4.39 Å². The minimum Gasteiger partial charge on any atom is -0.507 e. The molecule has 1 atom stereocenters. The Bertz CT molecular complexity index is 1360. The number of Topliss-reactive ketones (excluding diaryl/α,β-unsaturated/α-hetero) is 1. The summed E-state index contributed by atoms with van der Waals surface area (Å²) in [6.07, 6.45) is 0.381. The number of ether oxygens (including phenoxy) is 2. The third kappa shape index (κ3) is 4.90. The average molecular weight is 530 g/mol. The predicted octanol–water partition coefficient (Wildman–Crippen LogP) is 5.81. The summed E-state index contributed by atoms with van der Waals surface area (Å²) in [6.45, 7) is 0.143. The molecule has 1 amide bonds. The van der Waals surface area contributed by atoms with Crippen LogP contribution < -0.4 is 9.47 Å². The van der Waals surface area contributed by atoms with Gasteiger partial charge < -0.3 is 19.5 Å². The molecule has 3 aromatic carbocycles. The first-order chi connectivity index (χ1) is 17.2. The number of hydrogen-bond acceptors (Lipinski definition) is 5. The van der Waals surface area contributed by atoms with E-state index in [1.165, 1.54) is 37.3 Å². The number of benzene rings is 3. The van der Waals surface area contributed by atoms with Crippen LogP contribution in [0.2, 0.25) is 10.0 Å². The number of nitrogens with zero attached hydrogens (tertiary/aromatic N) is 1. The van der Waals surface area contributed by atoms with Crippen molar-refractivity contribution in [3.63, 3.8) is 0 Å². The van der Waals surface area contributed by atoms with Gasteiger partial charge in [0.15, 0.2) is 11.5 Å². The molecule has 1 aliphatic heterocycles. The lowest BCUT2D eigenvalue weighted by atomic mass is 9.95. The molecular formula is C27H22Cl2FNO5. The molecule has 0 spiro atoms. The van der Waals surface area contributed by atoms with E-state index in [1.54, 1.807) is 24.3 Å². The summed E-state index contributed by atoms with van der Waals surface area (Å²) in [5.74, 6) is -1.47. The number of rotatable bonds is 7. The van der Waals surface area contributed by atoms with Gasteiger partial charge in [-0.15, -0.1) is 0 Å². The monoisotopic (exact) mass is 529 g/mol. The molecule has 1 unspecified atom stereocenters. The average Bonchev–Trinajstić information content (AvgIpc) is 3.12. The first kappa shape index (κ1) is 25.5. The zero-order valence-corrected chi connectivity index (χ0v) is 20.9. The molecule has 3 aromatic rings. The van der Waals surface area contributed by atoms with E-state index in [2.05, 4.69) is 0 Å². The minimum atomic E-state index is -0.972. The van der Waals surface area contributed by atoms with Crippen LogP contribution in [0, 0.1) is 5.82 Å². The van der Waals surface area contributed by atoms with Crippen molar-refractivity contribution in [2.45, 2.75) is 12.5 Å². The lowest BCUT2D eigenvalue weighted by Gasteiger charge is -2.26. The van der Waals surface area contributed by atoms with Gasteiger partial charge in [0.2, 0.25) is 0 Å². The maximum atomic E-state index is 13.5. The van der Waals surface area contributed by atoms with Crippen molar-refractivity contribution >= 4 is 40.7 Å². The lowest BCUT2D eigenvalue weighted by molar-refractivity contribution is -0.139. The van der Waals surface area contributed by atoms with Gasteiger partial charge >= 0.3 is 0 Å². The second-order valence-corrected chi connectivity index (χ2v) is 8.95. The van der Waals surface area contributed by atoms with E-state index in [4.69, 9.17) is 32.7 Å². The van der Waals surface area contributed by atoms with E-state index in [9.17, 15) is 19.1 Å². The van der Waals surface area contributed by atoms with Crippen LogP contribution in [-0.2, 0) is 16.0 Å². The zero-order valence-electron chi connectivity index (χ0n) is 19.4. The second-order valence-electron chi connectivity index (χ2n) is 8.10. The number of likely N-dealkylation sites (tertiary alicyclic amines) is 1. The number of hydrogen-bond donors (Lipinski definition) is 1. The maximum absolute atomic E-state index is 13.5. The van der Waals surface area contributed by atoms with Crippen molar-refractivity contribution in [1.29, 1.82) is 0 Å². The third-order valence-electron chi connectivity index (χ3n) is 6.00. The number of aliphatic hydroxyl groups excluding tert-OH is 1.